The van der Waals surface area contributed by atoms with E-state index in [1.807, 2.05) is 12.1 Å². The van der Waals surface area contributed by atoms with Crippen molar-refractivity contribution in [1.29, 1.82) is 0 Å². The van der Waals surface area contributed by atoms with Crippen molar-refractivity contribution in [3.05, 3.63) is 52.0 Å². The highest BCUT2D eigenvalue weighted by atomic mass is 35.5. The van der Waals surface area contributed by atoms with Crippen LogP contribution in [0.4, 0.5) is 17.1 Å². The minimum absolute atomic E-state index is 0.292. The van der Waals surface area contributed by atoms with Crippen LogP contribution in [0.2, 0.25) is 10.0 Å². The molecule has 3 N–H and O–H groups in total. The lowest BCUT2D eigenvalue weighted by atomic mass is 10.0. The summed E-state index contributed by atoms with van der Waals surface area (Å²) in [6.45, 7) is 3.23. The van der Waals surface area contributed by atoms with E-state index in [9.17, 15) is 4.79 Å². The molecule has 1 aliphatic rings. The van der Waals surface area contributed by atoms with Crippen molar-refractivity contribution < 1.29 is 4.79 Å². The number of hydrogen-bond donors (Lipinski definition) is 2. The number of carbonyl (C=O) groups is 1. The maximum absolute atomic E-state index is 12.4. The minimum atomic E-state index is -0.292. The van der Waals surface area contributed by atoms with Gasteiger partial charge in [0.05, 0.1) is 22.0 Å². The van der Waals surface area contributed by atoms with Gasteiger partial charge in [0, 0.05) is 23.3 Å². The zero-order valence-electron chi connectivity index (χ0n) is 14.1. The third kappa shape index (κ3) is 4.02. The highest BCUT2D eigenvalue weighted by Crippen LogP contribution is 2.32. The number of benzene rings is 2. The Morgan fingerprint density at radius 1 is 1.20 bits per heavy atom. The van der Waals surface area contributed by atoms with Gasteiger partial charge in [0.15, 0.2) is 0 Å². The van der Waals surface area contributed by atoms with E-state index in [-0.39, 0.29) is 5.91 Å². The lowest BCUT2D eigenvalue weighted by Crippen LogP contribution is -2.37. The number of piperidine rings is 1. The summed E-state index contributed by atoms with van der Waals surface area (Å²) in [7, 11) is 0. The number of halogens is 2. The zero-order chi connectivity index (χ0) is 18.0. The van der Waals surface area contributed by atoms with Crippen LogP contribution < -0.4 is 16.0 Å². The van der Waals surface area contributed by atoms with Crippen LogP contribution in [0.3, 0.4) is 0 Å². The Morgan fingerprint density at radius 3 is 2.68 bits per heavy atom. The summed E-state index contributed by atoms with van der Waals surface area (Å²) in [5.74, 6) is -0.292. The molecule has 6 heteroatoms. The number of carbonyl (C=O) groups excluding carboxylic acids is 1. The van der Waals surface area contributed by atoms with Crippen LogP contribution in [-0.2, 0) is 0 Å². The normalized spacial score (nSPS) is 17.4. The lowest BCUT2D eigenvalue weighted by Gasteiger charge is -2.36. The first-order valence-electron chi connectivity index (χ1n) is 8.38. The summed E-state index contributed by atoms with van der Waals surface area (Å²) < 4.78 is 0. The van der Waals surface area contributed by atoms with Gasteiger partial charge in [-0.2, -0.15) is 0 Å². The predicted octanol–water partition coefficient (Wildman–Crippen LogP) is 5.21. The Kier molecular flexibility index (Phi) is 5.40. The molecule has 2 aromatic carbocycles. The lowest BCUT2D eigenvalue weighted by molar-refractivity contribution is 0.102. The Balaban J connectivity index is 1.77. The molecule has 25 heavy (non-hydrogen) atoms. The molecule has 3 rings (SSSR count). The summed E-state index contributed by atoms with van der Waals surface area (Å²) in [5, 5.41) is 3.64. The minimum Gasteiger partial charge on any atom is -0.397 e. The van der Waals surface area contributed by atoms with Gasteiger partial charge in [-0.3, -0.25) is 4.79 Å². The third-order valence-electron chi connectivity index (χ3n) is 4.57. The van der Waals surface area contributed by atoms with Gasteiger partial charge >= 0.3 is 0 Å². The number of hydrogen-bond acceptors (Lipinski definition) is 3. The van der Waals surface area contributed by atoms with E-state index in [4.69, 9.17) is 28.9 Å². The van der Waals surface area contributed by atoms with Crippen molar-refractivity contribution in [3.8, 4) is 0 Å². The van der Waals surface area contributed by atoms with Gasteiger partial charge in [0.2, 0.25) is 0 Å². The SMILES string of the molecule is CC1CCCCN1c1ccc(NC(=O)c2ccc(Cl)cc2Cl)cc1N. The highest BCUT2D eigenvalue weighted by molar-refractivity contribution is 6.37. The standard InChI is InChI=1S/C19H21Cl2N3O/c1-12-4-2-3-9-24(12)18-8-6-14(11-17(18)22)23-19(25)15-7-5-13(20)10-16(15)21/h5-8,10-12H,2-4,9,22H2,1H3,(H,23,25). The first-order valence-corrected chi connectivity index (χ1v) is 9.14. The van der Waals surface area contributed by atoms with Gasteiger partial charge in [0.25, 0.3) is 5.91 Å². The second-order valence-electron chi connectivity index (χ2n) is 6.39. The maximum Gasteiger partial charge on any atom is 0.257 e. The topological polar surface area (TPSA) is 58.4 Å². The second-order valence-corrected chi connectivity index (χ2v) is 7.23. The molecule has 1 heterocycles. The van der Waals surface area contributed by atoms with Crippen molar-refractivity contribution in [2.75, 3.05) is 22.5 Å². The second kappa shape index (κ2) is 7.54. The third-order valence-corrected chi connectivity index (χ3v) is 5.12. The van der Waals surface area contributed by atoms with E-state index in [0.29, 0.717) is 33.0 Å². The molecule has 0 spiro atoms. The Morgan fingerprint density at radius 2 is 2.00 bits per heavy atom. The number of nitrogens with two attached hydrogens (primary N) is 1. The van der Waals surface area contributed by atoms with E-state index >= 15 is 0 Å². The molecule has 1 atom stereocenters. The molecule has 1 unspecified atom stereocenters. The summed E-state index contributed by atoms with van der Waals surface area (Å²) in [6.07, 6.45) is 3.61. The van der Waals surface area contributed by atoms with Gasteiger partial charge in [-0.05, 0) is 62.6 Å². The summed E-state index contributed by atoms with van der Waals surface area (Å²) >= 11 is 12.0. The van der Waals surface area contributed by atoms with E-state index in [1.54, 1.807) is 24.3 Å². The average molecular weight is 378 g/mol. The van der Waals surface area contributed by atoms with E-state index in [1.165, 1.54) is 19.3 Å². The molecule has 1 fully saturated rings. The molecule has 0 saturated carbocycles. The van der Waals surface area contributed by atoms with Crippen molar-refractivity contribution in [2.24, 2.45) is 0 Å². The quantitative estimate of drug-likeness (QED) is 0.721. The molecule has 0 radical (unpaired) electrons. The number of anilines is 3. The van der Waals surface area contributed by atoms with Crippen LogP contribution in [0.15, 0.2) is 36.4 Å². The molecule has 132 valence electrons. The fourth-order valence-electron chi connectivity index (χ4n) is 3.22. The number of nitrogen functional groups attached to an aromatic ring is 1. The Labute approximate surface area is 157 Å². The van der Waals surface area contributed by atoms with Gasteiger partial charge in [0.1, 0.15) is 0 Å². The van der Waals surface area contributed by atoms with E-state index < -0.39 is 0 Å². The van der Waals surface area contributed by atoms with E-state index in [0.717, 1.165) is 12.2 Å². The van der Waals surface area contributed by atoms with Crippen LogP contribution in [0.1, 0.15) is 36.5 Å². The fourth-order valence-corrected chi connectivity index (χ4v) is 3.72. The van der Waals surface area contributed by atoms with Gasteiger partial charge < -0.3 is 16.0 Å². The highest BCUT2D eigenvalue weighted by Gasteiger charge is 2.20. The fraction of sp³-hybridized carbons (Fsp3) is 0.316. The Bertz CT molecular complexity index is 794. The molecule has 1 amide bonds. The zero-order valence-corrected chi connectivity index (χ0v) is 15.6. The molecule has 2 aromatic rings. The Hall–Kier alpha value is -1.91. The first kappa shape index (κ1) is 17.9. The molecular weight excluding hydrogens is 357 g/mol. The van der Waals surface area contributed by atoms with Crippen LogP contribution >= 0.6 is 23.2 Å². The monoisotopic (exact) mass is 377 g/mol. The van der Waals surface area contributed by atoms with Gasteiger partial charge in [-0.1, -0.05) is 23.2 Å². The van der Waals surface area contributed by atoms with Crippen LogP contribution in [0, 0.1) is 0 Å². The van der Waals surface area contributed by atoms with Gasteiger partial charge in [-0.25, -0.2) is 0 Å². The number of amides is 1. The van der Waals surface area contributed by atoms with Crippen LogP contribution in [0.5, 0.6) is 0 Å². The molecule has 1 aliphatic heterocycles. The first-order chi connectivity index (χ1) is 12.0. The summed E-state index contributed by atoms with van der Waals surface area (Å²) in [4.78, 5) is 14.7. The van der Waals surface area contributed by atoms with Crippen molar-refractivity contribution in [2.45, 2.75) is 32.2 Å². The van der Waals surface area contributed by atoms with Crippen LogP contribution in [-0.4, -0.2) is 18.5 Å². The summed E-state index contributed by atoms with van der Waals surface area (Å²) in [5.41, 5.74) is 8.94. The maximum atomic E-state index is 12.4. The molecule has 0 aliphatic carbocycles. The van der Waals surface area contributed by atoms with Gasteiger partial charge in [-0.15, -0.1) is 0 Å². The number of rotatable bonds is 3. The smallest absolute Gasteiger partial charge is 0.257 e. The summed E-state index contributed by atoms with van der Waals surface area (Å²) in [6, 6.07) is 10.9. The number of nitrogens with one attached hydrogen (secondary N) is 1. The molecule has 4 nitrogen and oxygen atoms in total. The average Bonchev–Trinajstić information content (AvgIpc) is 2.56. The largest absolute Gasteiger partial charge is 0.397 e. The van der Waals surface area contributed by atoms with Crippen molar-refractivity contribution in [1.82, 2.24) is 0 Å². The van der Waals surface area contributed by atoms with Crippen molar-refractivity contribution in [3.63, 3.8) is 0 Å². The van der Waals surface area contributed by atoms with E-state index in [2.05, 4.69) is 17.1 Å². The molecule has 0 aromatic heterocycles. The molecule has 1 saturated heterocycles. The van der Waals surface area contributed by atoms with Crippen molar-refractivity contribution >= 4 is 46.2 Å². The van der Waals surface area contributed by atoms with Crippen LogP contribution in [0.25, 0.3) is 0 Å². The number of nitrogens with zero attached hydrogens (tertiary/aromatic N) is 1. The predicted molar refractivity (Wildman–Crippen MR) is 106 cm³/mol. The molecule has 0 bridgehead atoms. The molecular formula is C19H21Cl2N3O.